The van der Waals surface area contributed by atoms with Crippen molar-refractivity contribution in [2.75, 3.05) is 13.1 Å². The van der Waals surface area contributed by atoms with Crippen molar-refractivity contribution in [1.82, 2.24) is 4.90 Å². The first-order valence-electron chi connectivity index (χ1n) is 3.34. The number of hydrogen-bond acceptors (Lipinski definition) is 1. The van der Waals surface area contributed by atoms with Crippen LogP contribution >= 0.6 is 0 Å². The standard InChI is InChI=1S/C10H9NO/c1-4-7-10(12)11(8-5-2)9-6-3/h2-3H,8-9H2,1H3. The van der Waals surface area contributed by atoms with Crippen LogP contribution in [0.3, 0.4) is 0 Å². The van der Waals surface area contributed by atoms with Crippen molar-refractivity contribution in [3.8, 4) is 36.5 Å². The minimum absolute atomic E-state index is 0.206. The molecule has 2 heteroatoms. The Hall–Kier alpha value is -1.85. The van der Waals surface area contributed by atoms with Gasteiger partial charge in [-0.2, -0.15) is 0 Å². The second-order valence-corrected chi connectivity index (χ2v) is 1.94. The molecule has 0 aromatic heterocycles. The zero-order valence-electron chi connectivity index (χ0n) is 6.92. The largest absolute Gasteiger partial charge is 0.310 e. The van der Waals surface area contributed by atoms with Crippen molar-refractivity contribution in [2.45, 2.75) is 6.92 Å². The van der Waals surface area contributed by atoms with Crippen molar-refractivity contribution in [1.29, 1.82) is 0 Å². The highest BCUT2D eigenvalue weighted by Crippen LogP contribution is 1.86. The lowest BCUT2D eigenvalue weighted by Gasteiger charge is -2.12. The van der Waals surface area contributed by atoms with Crippen molar-refractivity contribution < 1.29 is 4.79 Å². The van der Waals surface area contributed by atoms with E-state index in [2.05, 4.69) is 23.7 Å². The molecule has 0 aromatic rings. The third-order valence-electron chi connectivity index (χ3n) is 1.08. The predicted octanol–water partition coefficient (Wildman–Crippen LogP) is 0.105. The SMILES string of the molecule is C#CCN(CC#C)C(=O)C#CC. The van der Waals surface area contributed by atoms with Crippen molar-refractivity contribution in [3.05, 3.63) is 0 Å². The Morgan fingerprint density at radius 3 is 2.17 bits per heavy atom. The molecule has 0 fully saturated rings. The molecule has 0 spiro atoms. The lowest BCUT2D eigenvalue weighted by atomic mass is 10.4. The van der Waals surface area contributed by atoms with Crippen LogP contribution in [-0.4, -0.2) is 23.9 Å². The van der Waals surface area contributed by atoms with E-state index >= 15 is 0 Å². The third kappa shape index (κ3) is 3.35. The van der Waals surface area contributed by atoms with Gasteiger partial charge in [0.15, 0.2) is 0 Å². The number of carbonyl (C=O) groups excluding carboxylic acids is 1. The first-order valence-corrected chi connectivity index (χ1v) is 3.34. The monoisotopic (exact) mass is 159 g/mol. The van der Waals surface area contributed by atoms with Gasteiger partial charge in [-0.1, -0.05) is 17.8 Å². The summed E-state index contributed by atoms with van der Waals surface area (Å²) in [6.45, 7) is 2.00. The fourth-order valence-electron chi connectivity index (χ4n) is 0.606. The number of nitrogens with zero attached hydrogens (tertiary/aromatic N) is 1. The molecule has 12 heavy (non-hydrogen) atoms. The average Bonchev–Trinajstić information content (AvgIpc) is 2.04. The van der Waals surface area contributed by atoms with E-state index in [1.165, 1.54) is 4.90 Å². The van der Waals surface area contributed by atoms with Gasteiger partial charge in [-0.3, -0.25) is 4.79 Å². The van der Waals surface area contributed by atoms with Crippen molar-refractivity contribution in [2.24, 2.45) is 0 Å². The summed E-state index contributed by atoms with van der Waals surface area (Å²) in [4.78, 5) is 12.4. The van der Waals surface area contributed by atoms with Gasteiger partial charge < -0.3 is 4.90 Å². The van der Waals surface area contributed by atoms with Crippen LogP contribution in [0.2, 0.25) is 0 Å². The van der Waals surface area contributed by atoms with Crippen LogP contribution in [0.5, 0.6) is 0 Å². The Morgan fingerprint density at radius 1 is 1.33 bits per heavy atom. The summed E-state index contributed by atoms with van der Waals surface area (Å²) in [5.41, 5.74) is 0. The predicted molar refractivity (Wildman–Crippen MR) is 47.7 cm³/mol. The molecule has 2 nitrogen and oxygen atoms in total. The summed E-state index contributed by atoms with van der Waals surface area (Å²) in [5, 5.41) is 0. The quantitative estimate of drug-likeness (QED) is 0.523. The Bertz CT molecular complexity index is 277. The summed E-state index contributed by atoms with van der Waals surface area (Å²) in [7, 11) is 0. The Kier molecular flexibility index (Phi) is 4.99. The van der Waals surface area contributed by atoms with Gasteiger partial charge in [0, 0.05) is 0 Å². The van der Waals surface area contributed by atoms with Crippen LogP contribution in [0.4, 0.5) is 0 Å². The normalized spacial score (nSPS) is 6.92. The zero-order valence-corrected chi connectivity index (χ0v) is 6.92. The van der Waals surface area contributed by atoms with E-state index in [1.807, 2.05) is 0 Å². The molecule has 0 aliphatic carbocycles. The topological polar surface area (TPSA) is 20.3 Å². The second kappa shape index (κ2) is 5.90. The van der Waals surface area contributed by atoms with Crippen LogP contribution in [0.15, 0.2) is 0 Å². The van der Waals surface area contributed by atoms with Crippen LogP contribution in [0.25, 0.3) is 0 Å². The van der Waals surface area contributed by atoms with Gasteiger partial charge in [0.25, 0.3) is 5.91 Å². The summed E-state index contributed by atoms with van der Waals surface area (Å²) in [5.74, 6) is 9.19. The molecule has 0 saturated heterocycles. The fourth-order valence-corrected chi connectivity index (χ4v) is 0.606. The number of carbonyl (C=O) groups is 1. The molecule has 0 rings (SSSR count). The van der Waals surface area contributed by atoms with Gasteiger partial charge in [0.2, 0.25) is 0 Å². The van der Waals surface area contributed by atoms with E-state index in [9.17, 15) is 4.79 Å². The highest BCUT2D eigenvalue weighted by atomic mass is 16.2. The van der Waals surface area contributed by atoms with Gasteiger partial charge >= 0.3 is 0 Å². The number of rotatable bonds is 2. The Labute approximate surface area is 72.9 Å². The maximum atomic E-state index is 11.1. The van der Waals surface area contributed by atoms with E-state index in [-0.39, 0.29) is 19.0 Å². The highest BCUT2D eigenvalue weighted by molar-refractivity contribution is 5.93. The molecule has 0 aliphatic rings. The number of terminal acetylenes is 2. The van der Waals surface area contributed by atoms with Crippen LogP contribution in [0, 0.1) is 36.5 Å². The molecule has 60 valence electrons. The molecular weight excluding hydrogens is 150 g/mol. The van der Waals surface area contributed by atoms with Gasteiger partial charge in [-0.15, -0.1) is 12.8 Å². The lowest BCUT2D eigenvalue weighted by Crippen LogP contribution is -2.30. The molecular formula is C10H9NO. The highest BCUT2D eigenvalue weighted by Gasteiger charge is 2.06. The molecule has 0 bridgehead atoms. The van der Waals surface area contributed by atoms with Gasteiger partial charge in [0.05, 0.1) is 13.1 Å². The second-order valence-electron chi connectivity index (χ2n) is 1.94. The summed E-state index contributed by atoms with van der Waals surface area (Å²) in [6.07, 6.45) is 10.1. The first kappa shape index (κ1) is 10.2. The van der Waals surface area contributed by atoms with E-state index in [0.717, 1.165) is 0 Å². The van der Waals surface area contributed by atoms with E-state index < -0.39 is 0 Å². The number of hydrogen-bond donors (Lipinski definition) is 0. The Balaban J connectivity index is 4.29. The van der Waals surface area contributed by atoms with Crippen molar-refractivity contribution >= 4 is 5.91 Å². The molecule has 0 N–H and O–H groups in total. The molecule has 0 saturated carbocycles. The smallest absolute Gasteiger partial charge is 0.300 e. The molecule has 0 aromatic carbocycles. The van der Waals surface area contributed by atoms with Crippen LogP contribution in [-0.2, 0) is 4.79 Å². The first-order chi connectivity index (χ1) is 5.76. The van der Waals surface area contributed by atoms with Gasteiger partial charge in [0.1, 0.15) is 0 Å². The van der Waals surface area contributed by atoms with Gasteiger partial charge in [-0.25, -0.2) is 0 Å². The molecule has 0 atom stereocenters. The summed E-state index contributed by atoms with van der Waals surface area (Å²) >= 11 is 0. The zero-order chi connectivity index (χ0) is 9.40. The fraction of sp³-hybridized carbons (Fsp3) is 0.300. The molecule has 0 aliphatic heterocycles. The van der Waals surface area contributed by atoms with Crippen LogP contribution in [0.1, 0.15) is 6.92 Å². The third-order valence-corrected chi connectivity index (χ3v) is 1.08. The van der Waals surface area contributed by atoms with E-state index in [1.54, 1.807) is 6.92 Å². The minimum atomic E-state index is -0.326. The summed E-state index contributed by atoms with van der Waals surface area (Å²) in [6, 6.07) is 0. The summed E-state index contributed by atoms with van der Waals surface area (Å²) < 4.78 is 0. The van der Waals surface area contributed by atoms with Crippen LogP contribution < -0.4 is 0 Å². The minimum Gasteiger partial charge on any atom is -0.310 e. The van der Waals surface area contributed by atoms with E-state index in [4.69, 9.17) is 12.8 Å². The number of amides is 1. The van der Waals surface area contributed by atoms with E-state index in [0.29, 0.717) is 0 Å². The molecule has 0 radical (unpaired) electrons. The molecule has 0 unspecified atom stereocenters. The molecule has 0 heterocycles. The molecule has 1 amide bonds. The lowest BCUT2D eigenvalue weighted by molar-refractivity contribution is -0.123. The Morgan fingerprint density at radius 2 is 1.83 bits per heavy atom. The maximum Gasteiger partial charge on any atom is 0.300 e. The van der Waals surface area contributed by atoms with Gasteiger partial charge in [-0.05, 0) is 12.8 Å². The average molecular weight is 159 g/mol. The maximum absolute atomic E-state index is 11.1. The van der Waals surface area contributed by atoms with Crippen molar-refractivity contribution in [3.63, 3.8) is 0 Å².